The number of carbonyl (C=O) groups excluding carboxylic acids is 2. The second-order valence-corrected chi connectivity index (χ2v) is 4.39. The molecule has 15 heavy (non-hydrogen) atoms. The van der Waals surface area contributed by atoms with E-state index >= 15 is 0 Å². The number of Topliss-reactive ketones (excluding diaryl/α,β-unsaturated/α-hetero) is 1. The van der Waals surface area contributed by atoms with Crippen molar-refractivity contribution in [2.45, 2.75) is 32.2 Å². The Morgan fingerprint density at radius 2 is 2.00 bits per heavy atom. The van der Waals surface area contributed by atoms with Crippen LogP contribution in [-0.4, -0.2) is 42.4 Å². The number of carbonyl (C=O) groups is 2. The highest BCUT2D eigenvalue weighted by molar-refractivity contribution is 5.79. The van der Waals surface area contributed by atoms with Gasteiger partial charge in [-0.1, -0.05) is 0 Å². The van der Waals surface area contributed by atoms with Crippen LogP contribution in [0.25, 0.3) is 0 Å². The minimum absolute atomic E-state index is 0.0436. The molecule has 0 amide bonds. The molecule has 2 rings (SSSR count). The number of hydrogen-bond acceptors (Lipinski definition) is 4. The zero-order valence-corrected chi connectivity index (χ0v) is 9.07. The SMILES string of the molecule is CC(=O)C1CCN(C2CCOC2=O)CC1. The molecular weight excluding hydrogens is 194 g/mol. The van der Waals surface area contributed by atoms with Gasteiger partial charge in [0, 0.05) is 12.3 Å². The summed E-state index contributed by atoms with van der Waals surface area (Å²) in [6.45, 7) is 3.91. The van der Waals surface area contributed by atoms with Gasteiger partial charge in [0.1, 0.15) is 11.8 Å². The molecule has 2 saturated heterocycles. The van der Waals surface area contributed by atoms with Gasteiger partial charge in [-0.05, 0) is 32.9 Å². The van der Waals surface area contributed by atoms with E-state index < -0.39 is 0 Å². The maximum Gasteiger partial charge on any atom is 0.323 e. The van der Waals surface area contributed by atoms with Crippen LogP contribution < -0.4 is 0 Å². The van der Waals surface area contributed by atoms with Gasteiger partial charge >= 0.3 is 5.97 Å². The van der Waals surface area contributed by atoms with E-state index in [4.69, 9.17) is 4.74 Å². The molecule has 0 bridgehead atoms. The predicted octanol–water partition coefficient (Wildman–Crippen LogP) is 0.603. The minimum Gasteiger partial charge on any atom is -0.464 e. The van der Waals surface area contributed by atoms with Gasteiger partial charge in [0.15, 0.2) is 0 Å². The van der Waals surface area contributed by atoms with Crippen molar-refractivity contribution in [2.75, 3.05) is 19.7 Å². The van der Waals surface area contributed by atoms with E-state index in [1.54, 1.807) is 6.92 Å². The van der Waals surface area contributed by atoms with E-state index in [1.165, 1.54) is 0 Å². The zero-order chi connectivity index (χ0) is 10.8. The second-order valence-electron chi connectivity index (χ2n) is 4.39. The summed E-state index contributed by atoms with van der Waals surface area (Å²) < 4.78 is 4.95. The van der Waals surface area contributed by atoms with Crippen LogP contribution in [0, 0.1) is 5.92 Å². The Labute approximate surface area is 89.6 Å². The Hall–Kier alpha value is -0.900. The Morgan fingerprint density at radius 3 is 2.47 bits per heavy atom. The molecule has 0 radical (unpaired) electrons. The number of ether oxygens (including phenoxy) is 1. The fourth-order valence-corrected chi connectivity index (χ4v) is 2.43. The summed E-state index contributed by atoms with van der Waals surface area (Å²) in [5.41, 5.74) is 0. The van der Waals surface area contributed by atoms with Crippen molar-refractivity contribution in [3.05, 3.63) is 0 Å². The lowest BCUT2D eigenvalue weighted by molar-refractivity contribution is -0.142. The lowest BCUT2D eigenvalue weighted by atomic mass is 9.92. The average Bonchev–Trinajstić information content (AvgIpc) is 2.65. The van der Waals surface area contributed by atoms with Crippen molar-refractivity contribution in [3.8, 4) is 0 Å². The van der Waals surface area contributed by atoms with Gasteiger partial charge in [-0.3, -0.25) is 14.5 Å². The zero-order valence-electron chi connectivity index (χ0n) is 9.07. The molecule has 2 aliphatic rings. The second kappa shape index (κ2) is 4.31. The number of rotatable bonds is 2. The third kappa shape index (κ3) is 2.20. The number of cyclic esters (lactones) is 1. The predicted molar refractivity (Wildman–Crippen MR) is 54.3 cm³/mol. The van der Waals surface area contributed by atoms with Crippen molar-refractivity contribution in [1.29, 1.82) is 0 Å². The number of hydrogen-bond donors (Lipinski definition) is 0. The molecular formula is C11H17NO3. The molecule has 0 aromatic heterocycles. The topological polar surface area (TPSA) is 46.6 Å². The van der Waals surface area contributed by atoms with E-state index in [1.807, 2.05) is 0 Å². The van der Waals surface area contributed by atoms with E-state index in [-0.39, 0.29) is 23.7 Å². The molecule has 2 fully saturated rings. The Kier molecular flexibility index (Phi) is 3.05. The van der Waals surface area contributed by atoms with Crippen LogP contribution in [0.5, 0.6) is 0 Å². The van der Waals surface area contributed by atoms with Gasteiger partial charge in [0.05, 0.1) is 6.61 Å². The van der Waals surface area contributed by atoms with Crippen LogP contribution in [0.1, 0.15) is 26.2 Å². The summed E-state index contributed by atoms with van der Waals surface area (Å²) in [6, 6.07) is -0.0436. The average molecular weight is 211 g/mol. The summed E-state index contributed by atoms with van der Waals surface area (Å²) >= 11 is 0. The van der Waals surface area contributed by atoms with Gasteiger partial charge in [0.25, 0.3) is 0 Å². The van der Waals surface area contributed by atoms with E-state index in [0.717, 1.165) is 32.4 Å². The Bertz CT molecular complexity index is 269. The Morgan fingerprint density at radius 1 is 1.33 bits per heavy atom. The monoisotopic (exact) mass is 211 g/mol. The van der Waals surface area contributed by atoms with Crippen molar-refractivity contribution >= 4 is 11.8 Å². The van der Waals surface area contributed by atoms with Crippen LogP contribution in [-0.2, 0) is 14.3 Å². The maximum atomic E-state index is 11.4. The highest BCUT2D eigenvalue weighted by Gasteiger charge is 2.34. The van der Waals surface area contributed by atoms with Gasteiger partial charge in [0.2, 0.25) is 0 Å². The normalized spacial score (nSPS) is 29.1. The molecule has 0 spiro atoms. The lowest BCUT2D eigenvalue weighted by Crippen LogP contribution is -2.44. The standard InChI is InChI=1S/C11H17NO3/c1-8(13)9-2-5-12(6-3-9)10-4-7-15-11(10)14/h9-10H,2-7H2,1H3. The lowest BCUT2D eigenvalue weighted by Gasteiger charge is -2.33. The highest BCUT2D eigenvalue weighted by atomic mass is 16.5. The molecule has 2 heterocycles. The highest BCUT2D eigenvalue weighted by Crippen LogP contribution is 2.23. The minimum atomic E-state index is -0.0868. The van der Waals surface area contributed by atoms with Crippen LogP contribution >= 0.6 is 0 Å². The first-order valence-corrected chi connectivity index (χ1v) is 5.59. The quantitative estimate of drug-likeness (QED) is 0.628. The fraction of sp³-hybridized carbons (Fsp3) is 0.818. The summed E-state index contributed by atoms with van der Waals surface area (Å²) in [5.74, 6) is 0.401. The summed E-state index contributed by atoms with van der Waals surface area (Å²) in [6.07, 6.45) is 2.59. The number of ketones is 1. The number of piperidine rings is 1. The van der Waals surface area contributed by atoms with Gasteiger partial charge < -0.3 is 4.74 Å². The first-order valence-electron chi connectivity index (χ1n) is 5.59. The molecule has 0 saturated carbocycles. The van der Waals surface area contributed by atoms with Crippen molar-refractivity contribution in [1.82, 2.24) is 4.90 Å². The number of esters is 1. The summed E-state index contributed by atoms with van der Waals surface area (Å²) in [5, 5.41) is 0. The van der Waals surface area contributed by atoms with Crippen LogP contribution in [0.4, 0.5) is 0 Å². The van der Waals surface area contributed by atoms with Crippen LogP contribution in [0.2, 0.25) is 0 Å². The Balaban J connectivity index is 1.87. The van der Waals surface area contributed by atoms with Crippen LogP contribution in [0.3, 0.4) is 0 Å². The van der Waals surface area contributed by atoms with Crippen LogP contribution in [0.15, 0.2) is 0 Å². The van der Waals surface area contributed by atoms with Crippen molar-refractivity contribution in [3.63, 3.8) is 0 Å². The molecule has 0 aromatic carbocycles. The maximum absolute atomic E-state index is 11.4. The molecule has 4 nitrogen and oxygen atoms in total. The summed E-state index contributed by atoms with van der Waals surface area (Å²) in [7, 11) is 0. The van der Waals surface area contributed by atoms with Gasteiger partial charge in [-0.15, -0.1) is 0 Å². The van der Waals surface area contributed by atoms with E-state index in [0.29, 0.717) is 6.61 Å². The molecule has 1 atom stereocenters. The fourth-order valence-electron chi connectivity index (χ4n) is 2.43. The van der Waals surface area contributed by atoms with Gasteiger partial charge in [-0.2, -0.15) is 0 Å². The largest absolute Gasteiger partial charge is 0.464 e. The third-order valence-electron chi connectivity index (χ3n) is 3.45. The first kappa shape index (κ1) is 10.6. The van der Waals surface area contributed by atoms with Gasteiger partial charge in [-0.25, -0.2) is 0 Å². The molecule has 0 aliphatic carbocycles. The smallest absolute Gasteiger partial charge is 0.323 e. The van der Waals surface area contributed by atoms with Crippen molar-refractivity contribution < 1.29 is 14.3 Å². The molecule has 0 aromatic rings. The number of nitrogens with zero attached hydrogens (tertiary/aromatic N) is 1. The molecule has 0 N–H and O–H groups in total. The van der Waals surface area contributed by atoms with E-state index in [2.05, 4.69) is 4.90 Å². The molecule has 2 aliphatic heterocycles. The summed E-state index contributed by atoms with van der Waals surface area (Å²) in [4.78, 5) is 24.7. The molecule has 84 valence electrons. The molecule has 4 heteroatoms. The third-order valence-corrected chi connectivity index (χ3v) is 3.45. The molecule has 1 unspecified atom stereocenters. The number of likely N-dealkylation sites (tertiary alicyclic amines) is 1. The van der Waals surface area contributed by atoms with Crippen molar-refractivity contribution in [2.24, 2.45) is 5.92 Å². The van der Waals surface area contributed by atoms with E-state index in [9.17, 15) is 9.59 Å². The first-order chi connectivity index (χ1) is 7.18.